The minimum atomic E-state index is -2.28. The Morgan fingerprint density at radius 1 is 0.667 bits per heavy atom. The maximum atomic E-state index is 6.93. The van der Waals surface area contributed by atoms with Crippen LogP contribution >= 0.6 is 22.7 Å². The van der Waals surface area contributed by atoms with Crippen LogP contribution in [-0.4, -0.2) is 50.0 Å². The molecular formula is C36H56O2S2Sn2. The molecule has 0 aliphatic carbocycles. The second-order valence-corrected chi connectivity index (χ2v) is 46.4. The van der Waals surface area contributed by atoms with Gasteiger partial charge in [0.15, 0.2) is 0 Å². The van der Waals surface area contributed by atoms with E-state index in [1.54, 1.807) is 6.47 Å². The minimum Gasteiger partial charge on any atom is -0.0654 e. The average molecular weight is 822 g/mol. The molecule has 0 radical (unpaired) electrons. The summed E-state index contributed by atoms with van der Waals surface area (Å²) >= 11 is -0.623. The van der Waals surface area contributed by atoms with Crippen molar-refractivity contribution in [2.24, 2.45) is 11.8 Å². The minimum absolute atomic E-state index is 0.584. The van der Waals surface area contributed by atoms with Crippen LogP contribution in [0.25, 0.3) is 30.9 Å². The van der Waals surface area contributed by atoms with Gasteiger partial charge in [-0.15, -0.1) is 0 Å². The summed E-state index contributed by atoms with van der Waals surface area (Å²) in [6.07, 6.45) is 9.83. The molecular weight excluding hydrogens is 766 g/mol. The van der Waals surface area contributed by atoms with Crippen molar-refractivity contribution < 1.29 is 9.47 Å². The summed E-state index contributed by atoms with van der Waals surface area (Å²) in [4.78, 5) is 15.3. The fourth-order valence-corrected chi connectivity index (χ4v) is 16.8. The first-order chi connectivity index (χ1) is 19.9. The molecule has 0 fully saturated rings. The number of hydrogen-bond donors (Lipinski definition) is 0. The maximum absolute atomic E-state index is 6.93. The molecule has 0 saturated heterocycles. The van der Waals surface area contributed by atoms with Crippen LogP contribution in [0.4, 0.5) is 0 Å². The van der Waals surface area contributed by atoms with Gasteiger partial charge in [-0.25, -0.2) is 0 Å². The van der Waals surface area contributed by atoms with E-state index in [9.17, 15) is 0 Å². The zero-order chi connectivity index (χ0) is 30.7. The molecule has 0 N–H and O–H groups in total. The molecule has 2 heterocycles. The quantitative estimate of drug-likeness (QED) is 0.105. The van der Waals surface area contributed by atoms with E-state index in [0.29, 0.717) is 11.8 Å². The number of unbranched alkanes of at least 4 members (excludes halogenated alkanes) is 2. The van der Waals surface area contributed by atoms with Gasteiger partial charge in [0.1, 0.15) is 0 Å². The second-order valence-electron chi connectivity index (χ2n) is 14.5. The molecule has 4 aromatic rings. The number of ether oxygens (including phenoxy) is 2. The van der Waals surface area contributed by atoms with Crippen LogP contribution in [0.3, 0.4) is 0 Å². The predicted molar refractivity (Wildman–Crippen MR) is 198 cm³/mol. The van der Waals surface area contributed by atoms with Crippen molar-refractivity contribution in [3.63, 3.8) is 0 Å². The Balaban J connectivity index is 1.95. The Kier molecular flexibility index (Phi) is 12.3. The van der Waals surface area contributed by atoms with E-state index in [4.69, 9.17) is 9.47 Å². The summed E-state index contributed by atoms with van der Waals surface area (Å²) in [5, 5.41) is 6.56. The van der Waals surface area contributed by atoms with Gasteiger partial charge in [-0.3, -0.25) is 0 Å². The monoisotopic (exact) mass is 824 g/mol. The molecule has 42 heavy (non-hydrogen) atoms. The Labute approximate surface area is 272 Å². The fourth-order valence-electron chi connectivity index (χ4n) is 5.80. The average Bonchev–Trinajstić information content (AvgIpc) is 3.55. The molecule has 2 unspecified atom stereocenters. The predicted octanol–water partition coefficient (Wildman–Crippen LogP) is 11.5. The molecule has 2 aromatic carbocycles. The van der Waals surface area contributed by atoms with Crippen molar-refractivity contribution in [1.82, 2.24) is 0 Å². The molecule has 0 aliphatic rings. The zero-order valence-corrected chi connectivity index (χ0v) is 35.5. The summed E-state index contributed by atoms with van der Waals surface area (Å²) < 4.78 is 19.8. The van der Waals surface area contributed by atoms with E-state index in [-0.39, 0.29) is 0 Å². The van der Waals surface area contributed by atoms with Crippen molar-refractivity contribution in [2.45, 2.75) is 109 Å². The van der Waals surface area contributed by atoms with Crippen LogP contribution in [-0.2, 0) is 0 Å². The van der Waals surface area contributed by atoms with Crippen LogP contribution in [0, 0.1) is 11.8 Å². The number of hydrogen-bond acceptors (Lipinski definition) is 4. The Morgan fingerprint density at radius 3 is 1.83 bits per heavy atom. The van der Waals surface area contributed by atoms with Gasteiger partial charge < -0.3 is 0 Å². The normalized spacial score (nSPS) is 14.2. The van der Waals surface area contributed by atoms with Gasteiger partial charge in [-0.05, 0) is 0 Å². The Hall–Kier alpha value is -0.183. The molecule has 6 heteroatoms. The van der Waals surface area contributed by atoms with Gasteiger partial charge in [-0.2, -0.15) is 0 Å². The topological polar surface area (TPSA) is 18.5 Å². The van der Waals surface area contributed by atoms with Crippen molar-refractivity contribution >= 4 is 96.8 Å². The van der Waals surface area contributed by atoms with Crippen LogP contribution < -0.4 is 15.9 Å². The van der Waals surface area contributed by atoms with E-state index in [1.165, 1.54) is 69.5 Å². The van der Waals surface area contributed by atoms with Gasteiger partial charge >= 0.3 is 261 Å². The third-order valence-electron chi connectivity index (χ3n) is 8.96. The summed E-state index contributed by atoms with van der Waals surface area (Å²) in [5.74, 6) is 2.20. The van der Waals surface area contributed by atoms with Crippen LogP contribution in [0.1, 0.15) is 79.1 Å². The van der Waals surface area contributed by atoms with E-state index in [1.807, 2.05) is 11.3 Å². The van der Waals surface area contributed by atoms with Crippen LogP contribution in [0.2, 0.25) is 29.6 Å². The SMILES string of the molecule is CCCCC(CC)COc1sc2c3s[c]([Sn]([CH3])([CH3])[CH3])cc3c3c[c]([Sn]([CH3])([CH3])[CH3])ccc3c2c1OCC(CC)CCCC. The van der Waals surface area contributed by atoms with E-state index >= 15 is 0 Å². The fraction of sp³-hybridized carbons (Fsp3) is 0.611. The van der Waals surface area contributed by atoms with Crippen LogP contribution in [0.5, 0.6) is 10.8 Å². The van der Waals surface area contributed by atoms with Crippen molar-refractivity contribution in [3.8, 4) is 10.8 Å². The first kappa shape index (κ1) is 34.7. The smallest absolute Gasteiger partial charge is 0.0654 e. The molecule has 0 spiro atoms. The Bertz CT molecular complexity index is 1470. The molecule has 0 saturated carbocycles. The molecule has 0 aliphatic heterocycles. The molecule has 4 rings (SSSR count). The molecule has 2 aromatic heterocycles. The van der Waals surface area contributed by atoms with E-state index in [2.05, 4.69) is 92.9 Å². The van der Waals surface area contributed by atoms with E-state index in [0.717, 1.165) is 36.9 Å². The zero-order valence-electron chi connectivity index (χ0n) is 28.2. The van der Waals surface area contributed by atoms with Gasteiger partial charge in [0.25, 0.3) is 0 Å². The summed E-state index contributed by atoms with van der Waals surface area (Å²) in [6, 6.07) is 10.0. The molecule has 0 bridgehead atoms. The van der Waals surface area contributed by atoms with E-state index < -0.39 is 36.8 Å². The first-order valence-electron chi connectivity index (χ1n) is 16.6. The van der Waals surface area contributed by atoms with Crippen LogP contribution in [0.15, 0.2) is 24.3 Å². The summed E-state index contributed by atoms with van der Waals surface area (Å²) in [5.41, 5.74) is 0. The number of rotatable bonds is 16. The summed E-state index contributed by atoms with van der Waals surface area (Å²) in [6.45, 7) is 10.8. The second kappa shape index (κ2) is 14.9. The van der Waals surface area contributed by atoms with Crippen molar-refractivity contribution in [1.29, 1.82) is 0 Å². The van der Waals surface area contributed by atoms with Crippen molar-refractivity contribution in [3.05, 3.63) is 24.3 Å². The van der Waals surface area contributed by atoms with Gasteiger partial charge in [0, 0.05) is 0 Å². The number of thiophene rings is 2. The van der Waals surface area contributed by atoms with Gasteiger partial charge in [0.2, 0.25) is 0 Å². The molecule has 2 atom stereocenters. The molecule has 232 valence electrons. The van der Waals surface area contributed by atoms with Gasteiger partial charge in [0.05, 0.1) is 0 Å². The van der Waals surface area contributed by atoms with Gasteiger partial charge in [-0.1, -0.05) is 13.8 Å². The third kappa shape index (κ3) is 7.96. The Morgan fingerprint density at radius 2 is 1.29 bits per heavy atom. The molecule has 2 nitrogen and oxygen atoms in total. The first-order valence-corrected chi connectivity index (χ1v) is 38.3. The third-order valence-corrected chi connectivity index (χ3v) is 26.6. The summed E-state index contributed by atoms with van der Waals surface area (Å²) in [7, 11) is 0. The number of benzene rings is 2. The number of fused-ring (bicyclic) bond motifs is 6. The molecule has 0 amide bonds. The van der Waals surface area contributed by atoms with Crippen molar-refractivity contribution in [2.75, 3.05) is 13.2 Å². The standard InChI is InChI=1S/C30H38O2S2.6CH3.2Sn/c1-5-9-13-21(7-3)19-31-27-26-24-16-12-11-15-23(24)25-17-18-33-28(25)29(26)34-30(27)32-20-22(8-4)14-10-6-2;;;;;;;;/h12,15-17,21-22H,5-10,13-14,19-20H2,1-4H3;6*1H3;;.